The third kappa shape index (κ3) is 5.58. The second-order valence-corrected chi connectivity index (χ2v) is 13.2. The Morgan fingerprint density at radius 1 is 1.16 bits per heavy atom. The standard InChI is InChI=1S/C29H38N4O4S/c1-3-4-5-8-15-33-19-23(18-30-33)29(2)17-25(22-12-11-20-9-6-7-10-21(20)16-22)26(27(34)31-29)28(35)32-38(36,37)24-13-14-24/h11-12,16,18-19,24H,3-10,13-15,17H2,1-2H3,(H,31,34)(H,32,35). The van der Waals surface area contributed by atoms with Crippen LogP contribution in [-0.2, 0) is 44.5 Å². The van der Waals surface area contributed by atoms with Crippen LogP contribution in [0, 0.1) is 0 Å². The molecule has 0 spiro atoms. The van der Waals surface area contributed by atoms with Gasteiger partial charge in [0.1, 0.15) is 5.57 Å². The third-order valence-corrected chi connectivity index (χ3v) is 9.90. The molecule has 1 saturated carbocycles. The largest absolute Gasteiger partial charge is 0.342 e. The summed E-state index contributed by atoms with van der Waals surface area (Å²) < 4.78 is 29.2. The first-order valence-electron chi connectivity index (χ1n) is 14.0. The van der Waals surface area contributed by atoms with Crippen LogP contribution in [0.2, 0.25) is 0 Å². The zero-order chi connectivity index (χ0) is 26.9. The maximum atomic E-state index is 13.6. The summed E-state index contributed by atoms with van der Waals surface area (Å²) in [6.07, 6.45) is 14.0. The van der Waals surface area contributed by atoms with E-state index in [-0.39, 0.29) is 5.57 Å². The molecule has 1 aliphatic heterocycles. The van der Waals surface area contributed by atoms with E-state index in [1.54, 1.807) is 6.20 Å². The Kier molecular flexibility index (Phi) is 7.49. The Labute approximate surface area is 225 Å². The highest BCUT2D eigenvalue weighted by Gasteiger charge is 2.43. The van der Waals surface area contributed by atoms with Gasteiger partial charge in [0.05, 0.1) is 17.0 Å². The predicted octanol–water partition coefficient (Wildman–Crippen LogP) is 4.14. The molecule has 0 radical (unpaired) electrons. The van der Waals surface area contributed by atoms with Gasteiger partial charge < -0.3 is 5.32 Å². The number of aromatic nitrogens is 2. The van der Waals surface area contributed by atoms with Gasteiger partial charge in [0.25, 0.3) is 11.8 Å². The molecule has 2 heterocycles. The fraction of sp³-hybridized carbons (Fsp3) is 0.552. The van der Waals surface area contributed by atoms with Gasteiger partial charge >= 0.3 is 0 Å². The Morgan fingerprint density at radius 3 is 2.66 bits per heavy atom. The normalized spacial score (nSPS) is 21.7. The van der Waals surface area contributed by atoms with Gasteiger partial charge in [-0.3, -0.25) is 14.3 Å². The lowest BCUT2D eigenvalue weighted by Crippen LogP contribution is -2.50. The Bertz CT molecular complexity index is 1370. The van der Waals surface area contributed by atoms with Gasteiger partial charge in [0, 0.05) is 24.7 Å². The number of aryl methyl sites for hydroxylation is 3. The minimum atomic E-state index is -3.80. The third-order valence-electron chi connectivity index (χ3n) is 8.08. The smallest absolute Gasteiger partial charge is 0.270 e. The van der Waals surface area contributed by atoms with Gasteiger partial charge in [-0.25, -0.2) is 13.1 Å². The fourth-order valence-electron chi connectivity index (χ4n) is 5.63. The first-order valence-corrected chi connectivity index (χ1v) is 15.5. The average Bonchev–Trinajstić information content (AvgIpc) is 3.64. The quantitative estimate of drug-likeness (QED) is 0.349. The number of fused-ring (bicyclic) bond motifs is 1. The summed E-state index contributed by atoms with van der Waals surface area (Å²) in [5.74, 6) is -1.42. The van der Waals surface area contributed by atoms with Crippen molar-refractivity contribution in [1.82, 2.24) is 19.8 Å². The lowest BCUT2D eigenvalue weighted by atomic mass is 9.78. The summed E-state index contributed by atoms with van der Waals surface area (Å²) in [7, 11) is -3.80. The van der Waals surface area contributed by atoms with Crippen LogP contribution in [0.25, 0.3) is 5.57 Å². The van der Waals surface area contributed by atoms with Gasteiger partial charge in [-0.1, -0.05) is 44.4 Å². The zero-order valence-corrected chi connectivity index (χ0v) is 23.2. The van der Waals surface area contributed by atoms with E-state index in [2.05, 4.69) is 34.2 Å². The SMILES string of the molecule is CCCCCCn1cc(C2(C)CC(c3ccc4c(c3)CCCC4)=C(C(=O)NS(=O)(=O)C3CC3)C(=O)N2)cn1. The minimum Gasteiger partial charge on any atom is -0.342 e. The minimum absolute atomic E-state index is 0.116. The summed E-state index contributed by atoms with van der Waals surface area (Å²) in [6, 6.07) is 6.15. The van der Waals surface area contributed by atoms with Crippen LogP contribution < -0.4 is 10.0 Å². The molecule has 1 unspecified atom stereocenters. The number of carbonyl (C=O) groups excluding carboxylic acids is 2. The van der Waals surface area contributed by atoms with E-state index in [1.165, 1.54) is 24.0 Å². The Balaban J connectivity index is 1.49. The highest BCUT2D eigenvalue weighted by molar-refractivity contribution is 7.91. The van der Waals surface area contributed by atoms with Crippen LogP contribution in [0.4, 0.5) is 0 Å². The number of sulfonamides is 1. The number of rotatable bonds is 10. The molecular weight excluding hydrogens is 500 g/mol. The van der Waals surface area contributed by atoms with Gasteiger partial charge in [0.15, 0.2) is 0 Å². The van der Waals surface area contributed by atoms with Crippen molar-refractivity contribution in [2.75, 3.05) is 0 Å². The Morgan fingerprint density at radius 2 is 1.92 bits per heavy atom. The van der Waals surface area contributed by atoms with Crippen molar-refractivity contribution in [1.29, 1.82) is 0 Å². The monoisotopic (exact) mass is 538 g/mol. The summed E-state index contributed by atoms with van der Waals surface area (Å²) in [6.45, 7) is 4.93. The highest BCUT2D eigenvalue weighted by Crippen LogP contribution is 2.40. The van der Waals surface area contributed by atoms with E-state index < -0.39 is 32.6 Å². The second-order valence-electron chi connectivity index (χ2n) is 11.2. The van der Waals surface area contributed by atoms with E-state index in [9.17, 15) is 18.0 Å². The lowest BCUT2D eigenvalue weighted by Gasteiger charge is -2.36. The van der Waals surface area contributed by atoms with E-state index in [0.717, 1.165) is 56.2 Å². The highest BCUT2D eigenvalue weighted by atomic mass is 32.2. The molecule has 1 atom stereocenters. The number of hydrogen-bond acceptors (Lipinski definition) is 5. The van der Waals surface area contributed by atoms with E-state index >= 15 is 0 Å². The molecule has 0 saturated heterocycles. The Hall–Kier alpha value is -2.94. The van der Waals surface area contributed by atoms with Crippen LogP contribution in [0.1, 0.15) is 93.9 Å². The molecule has 2 aromatic rings. The zero-order valence-electron chi connectivity index (χ0n) is 22.4. The molecule has 38 heavy (non-hydrogen) atoms. The summed E-state index contributed by atoms with van der Waals surface area (Å²) in [4.78, 5) is 26.9. The topological polar surface area (TPSA) is 110 Å². The molecule has 2 amide bonds. The van der Waals surface area contributed by atoms with E-state index in [4.69, 9.17) is 0 Å². The van der Waals surface area contributed by atoms with Crippen molar-refractivity contribution < 1.29 is 18.0 Å². The molecule has 2 aliphatic carbocycles. The van der Waals surface area contributed by atoms with Crippen LogP contribution in [0.5, 0.6) is 0 Å². The number of unbranched alkanes of at least 4 members (excludes halogenated alkanes) is 3. The molecule has 5 rings (SSSR count). The van der Waals surface area contributed by atoms with Crippen LogP contribution in [-0.4, -0.2) is 35.3 Å². The summed E-state index contributed by atoms with van der Waals surface area (Å²) in [5.41, 5.74) is 3.87. The maximum Gasteiger partial charge on any atom is 0.270 e. The van der Waals surface area contributed by atoms with Crippen molar-refractivity contribution in [3.05, 3.63) is 58.4 Å². The summed E-state index contributed by atoms with van der Waals surface area (Å²) in [5, 5.41) is 6.99. The molecule has 2 N–H and O–H groups in total. The van der Waals surface area contributed by atoms with Gasteiger partial charge in [0.2, 0.25) is 10.0 Å². The second kappa shape index (κ2) is 10.7. The van der Waals surface area contributed by atoms with Crippen molar-refractivity contribution in [3.8, 4) is 0 Å². The van der Waals surface area contributed by atoms with Crippen molar-refractivity contribution in [3.63, 3.8) is 0 Å². The lowest BCUT2D eigenvalue weighted by molar-refractivity contribution is -0.124. The van der Waals surface area contributed by atoms with Gasteiger partial charge in [-0.15, -0.1) is 0 Å². The molecule has 1 aromatic carbocycles. The summed E-state index contributed by atoms with van der Waals surface area (Å²) >= 11 is 0. The van der Waals surface area contributed by atoms with E-state index in [1.807, 2.05) is 23.9 Å². The van der Waals surface area contributed by atoms with Crippen LogP contribution in [0.15, 0.2) is 36.2 Å². The molecule has 1 fully saturated rings. The first-order chi connectivity index (χ1) is 18.2. The number of hydrogen-bond donors (Lipinski definition) is 2. The van der Waals surface area contributed by atoms with E-state index in [0.29, 0.717) is 24.8 Å². The predicted molar refractivity (Wildman–Crippen MR) is 147 cm³/mol. The molecule has 0 bridgehead atoms. The molecule has 204 valence electrons. The number of nitrogens with one attached hydrogen (secondary N) is 2. The number of carbonyl (C=O) groups is 2. The van der Waals surface area contributed by atoms with Crippen LogP contribution in [0.3, 0.4) is 0 Å². The number of benzene rings is 1. The molecule has 8 nitrogen and oxygen atoms in total. The number of amides is 2. The first kappa shape index (κ1) is 26.7. The molecule has 3 aliphatic rings. The van der Waals surface area contributed by atoms with Crippen molar-refractivity contribution in [2.24, 2.45) is 0 Å². The van der Waals surface area contributed by atoms with Gasteiger partial charge in [-0.05, 0) is 74.1 Å². The number of nitrogens with zero attached hydrogens (tertiary/aromatic N) is 2. The fourth-order valence-corrected chi connectivity index (χ4v) is 6.92. The van der Waals surface area contributed by atoms with Crippen LogP contribution >= 0.6 is 0 Å². The van der Waals surface area contributed by atoms with Crippen molar-refractivity contribution in [2.45, 2.75) is 102 Å². The average molecular weight is 539 g/mol. The maximum absolute atomic E-state index is 13.6. The molecule has 1 aromatic heterocycles. The van der Waals surface area contributed by atoms with Gasteiger partial charge in [-0.2, -0.15) is 5.10 Å². The molecular formula is C29H38N4O4S. The van der Waals surface area contributed by atoms with Crippen molar-refractivity contribution >= 4 is 27.4 Å². The molecule has 9 heteroatoms.